The van der Waals surface area contributed by atoms with E-state index in [1.54, 1.807) is 0 Å². The molecule has 0 aromatic rings. The lowest BCUT2D eigenvalue weighted by molar-refractivity contribution is 0.161. The van der Waals surface area contributed by atoms with E-state index >= 15 is 0 Å². The van der Waals surface area contributed by atoms with Gasteiger partial charge in [0.05, 0.1) is 19.8 Å². The van der Waals surface area contributed by atoms with Crippen molar-refractivity contribution in [3.63, 3.8) is 0 Å². The van der Waals surface area contributed by atoms with Gasteiger partial charge >= 0.3 is 23.5 Å². The maximum atomic E-state index is 11.6. The van der Waals surface area contributed by atoms with E-state index in [2.05, 4.69) is 17.7 Å². The highest BCUT2D eigenvalue weighted by Crippen LogP contribution is 2.67. The van der Waals surface area contributed by atoms with Crippen molar-refractivity contribution in [2.24, 2.45) is 0 Å². The standard InChI is InChI=1S/C12H27O11P3/c1-3-4-5-6-7-9-20-24(14,15)22-26(18,19)23-25(16,17)21-10-8-12(2)11-13/h8,13H,3-7,9-11H2,1-2H3,(H,14,15)(H,16,17)(H,18,19)/b12-8+. The molecule has 11 nitrogen and oxygen atoms in total. The van der Waals surface area contributed by atoms with Crippen LogP contribution in [-0.4, -0.2) is 39.6 Å². The molecule has 156 valence electrons. The maximum absolute atomic E-state index is 11.6. The molecular weight excluding hydrogens is 413 g/mol. The van der Waals surface area contributed by atoms with Gasteiger partial charge < -0.3 is 19.8 Å². The lowest BCUT2D eigenvalue weighted by Crippen LogP contribution is -2.00. The second kappa shape index (κ2) is 12.5. The lowest BCUT2D eigenvalue weighted by Gasteiger charge is -2.18. The van der Waals surface area contributed by atoms with Gasteiger partial charge in [-0.2, -0.15) is 8.62 Å². The summed E-state index contributed by atoms with van der Waals surface area (Å²) >= 11 is 0. The smallest absolute Gasteiger partial charge is 0.392 e. The summed E-state index contributed by atoms with van der Waals surface area (Å²) in [5.41, 5.74) is 0.417. The van der Waals surface area contributed by atoms with Gasteiger partial charge in [-0.05, 0) is 18.9 Å². The molecule has 3 unspecified atom stereocenters. The molecule has 26 heavy (non-hydrogen) atoms. The third-order valence-electron chi connectivity index (χ3n) is 2.83. The van der Waals surface area contributed by atoms with Gasteiger partial charge in [0.2, 0.25) is 0 Å². The largest absolute Gasteiger partial charge is 0.490 e. The zero-order chi connectivity index (χ0) is 20.3. The minimum absolute atomic E-state index is 0.198. The Hall–Kier alpha value is 0.110. The molecule has 14 heteroatoms. The van der Waals surface area contributed by atoms with Crippen LogP contribution in [0, 0.1) is 0 Å². The van der Waals surface area contributed by atoms with Crippen molar-refractivity contribution >= 4 is 23.5 Å². The third kappa shape index (κ3) is 14.2. The van der Waals surface area contributed by atoms with E-state index in [1.807, 2.05) is 6.92 Å². The summed E-state index contributed by atoms with van der Waals surface area (Å²) in [6, 6.07) is 0. The molecule has 0 saturated heterocycles. The molecule has 0 saturated carbocycles. The number of unbranched alkanes of at least 4 members (excludes halogenated alkanes) is 4. The second-order valence-electron chi connectivity index (χ2n) is 5.32. The fourth-order valence-corrected chi connectivity index (χ4v) is 5.02. The van der Waals surface area contributed by atoms with E-state index in [0.29, 0.717) is 12.0 Å². The van der Waals surface area contributed by atoms with Crippen LogP contribution < -0.4 is 0 Å². The molecular formula is C12H27O11P3. The van der Waals surface area contributed by atoms with Gasteiger partial charge in [-0.25, -0.2) is 13.7 Å². The van der Waals surface area contributed by atoms with Gasteiger partial charge in [-0.1, -0.05) is 38.7 Å². The molecule has 0 bridgehead atoms. The number of hydrogen-bond donors (Lipinski definition) is 4. The van der Waals surface area contributed by atoms with Crippen molar-refractivity contribution in [3.8, 4) is 0 Å². The average Bonchev–Trinajstić information content (AvgIpc) is 2.47. The lowest BCUT2D eigenvalue weighted by atomic mass is 10.2. The predicted molar refractivity (Wildman–Crippen MR) is 93.2 cm³/mol. The monoisotopic (exact) mass is 440 g/mol. The molecule has 0 aliphatic rings. The Balaban J connectivity index is 4.44. The number of phosphoric ester groups is 2. The maximum Gasteiger partial charge on any atom is 0.490 e. The van der Waals surface area contributed by atoms with Crippen LogP contribution in [0.25, 0.3) is 0 Å². The van der Waals surface area contributed by atoms with Gasteiger partial charge in [0.1, 0.15) is 0 Å². The number of hydrogen-bond acceptors (Lipinski definition) is 8. The Morgan fingerprint density at radius 3 is 1.96 bits per heavy atom. The first-order chi connectivity index (χ1) is 11.9. The fourth-order valence-electron chi connectivity index (χ4n) is 1.55. The summed E-state index contributed by atoms with van der Waals surface area (Å²) in [5, 5.41) is 8.75. The summed E-state index contributed by atoms with van der Waals surface area (Å²) in [6.07, 6.45) is 5.34. The van der Waals surface area contributed by atoms with Crippen molar-refractivity contribution in [1.29, 1.82) is 0 Å². The quantitative estimate of drug-likeness (QED) is 0.167. The van der Waals surface area contributed by atoms with E-state index in [9.17, 15) is 28.4 Å². The van der Waals surface area contributed by atoms with Crippen LogP contribution >= 0.6 is 23.5 Å². The molecule has 0 spiro atoms. The van der Waals surface area contributed by atoms with E-state index in [0.717, 1.165) is 25.7 Å². The topological polar surface area (TPSA) is 169 Å². The molecule has 0 fully saturated rings. The number of aliphatic hydroxyl groups is 1. The van der Waals surface area contributed by atoms with Crippen LogP contribution in [0.4, 0.5) is 0 Å². The summed E-state index contributed by atoms with van der Waals surface area (Å²) in [7, 11) is -15.5. The number of rotatable bonds is 15. The van der Waals surface area contributed by atoms with E-state index in [1.165, 1.54) is 13.0 Å². The second-order valence-corrected chi connectivity index (χ2v) is 9.95. The Morgan fingerprint density at radius 1 is 0.885 bits per heavy atom. The van der Waals surface area contributed by atoms with E-state index in [4.69, 9.17) is 5.11 Å². The summed E-state index contributed by atoms with van der Waals surface area (Å²) in [4.78, 5) is 28.0. The van der Waals surface area contributed by atoms with E-state index < -0.39 is 30.1 Å². The Morgan fingerprint density at radius 2 is 1.42 bits per heavy atom. The van der Waals surface area contributed by atoms with Crippen molar-refractivity contribution in [3.05, 3.63) is 11.6 Å². The molecule has 0 aromatic heterocycles. The molecule has 0 amide bonds. The minimum Gasteiger partial charge on any atom is -0.392 e. The van der Waals surface area contributed by atoms with Crippen LogP contribution in [0.1, 0.15) is 46.0 Å². The predicted octanol–water partition coefficient (Wildman–Crippen LogP) is 3.26. The average molecular weight is 440 g/mol. The molecule has 0 aliphatic carbocycles. The zero-order valence-corrected chi connectivity index (χ0v) is 17.4. The summed E-state index contributed by atoms with van der Waals surface area (Å²) in [5.74, 6) is 0. The fraction of sp³-hybridized carbons (Fsp3) is 0.833. The molecule has 0 aromatic carbocycles. The van der Waals surface area contributed by atoms with Crippen molar-refractivity contribution in [2.75, 3.05) is 19.8 Å². The van der Waals surface area contributed by atoms with Gasteiger partial charge in [0.25, 0.3) is 0 Å². The molecule has 0 radical (unpaired) electrons. The first-order valence-electron chi connectivity index (χ1n) is 7.89. The van der Waals surface area contributed by atoms with Gasteiger partial charge in [0, 0.05) is 0 Å². The first kappa shape index (κ1) is 26.1. The van der Waals surface area contributed by atoms with Gasteiger partial charge in [0.15, 0.2) is 0 Å². The Bertz CT molecular complexity index is 577. The molecule has 3 atom stereocenters. The number of aliphatic hydroxyl groups excluding tert-OH is 1. The van der Waals surface area contributed by atoms with Gasteiger partial charge in [-0.3, -0.25) is 9.05 Å². The molecule has 0 heterocycles. The zero-order valence-electron chi connectivity index (χ0n) is 14.7. The SMILES string of the molecule is CCCCCCCOP(=O)(O)OP(=O)(O)OP(=O)(O)OC/C=C(\C)CO. The molecule has 0 aliphatic heterocycles. The van der Waals surface area contributed by atoms with Crippen molar-refractivity contribution < 1.29 is 51.2 Å². The summed E-state index contributed by atoms with van der Waals surface area (Å²) in [6.45, 7) is 2.51. The van der Waals surface area contributed by atoms with Crippen LogP contribution in [0.15, 0.2) is 11.6 Å². The molecule has 0 rings (SSSR count). The normalized spacial score (nSPS) is 19.5. The number of phosphoric acid groups is 3. The highest BCUT2D eigenvalue weighted by Gasteiger charge is 2.41. The Kier molecular flexibility index (Phi) is 12.6. The van der Waals surface area contributed by atoms with E-state index in [-0.39, 0.29) is 13.2 Å². The van der Waals surface area contributed by atoms with Crippen LogP contribution in [0.5, 0.6) is 0 Å². The highest BCUT2D eigenvalue weighted by atomic mass is 31.3. The van der Waals surface area contributed by atoms with Crippen molar-refractivity contribution in [2.45, 2.75) is 46.0 Å². The summed E-state index contributed by atoms with van der Waals surface area (Å²) < 4.78 is 51.5. The molecule has 4 N–H and O–H groups in total. The van der Waals surface area contributed by atoms with Gasteiger partial charge in [-0.15, -0.1) is 0 Å². The van der Waals surface area contributed by atoms with Crippen LogP contribution in [-0.2, 0) is 31.4 Å². The Labute approximate surface area is 152 Å². The highest BCUT2D eigenvalue weighted by molar-refractivity contribution is 7.66. The third-order valence-corrected chi connectivity index (χ3v) is 7.12. The van der Waals surface area contributed by atoms with Crippen LogP contribution in [0.2, 0.25) is 0 Å². The van der Waals surface area contributed by atoms with Crippen molar-refractivity contribution in [1.82, 2.24) is 0 Å². The first-order valence-corrected chi connectivity index (χ1v) is 12.4. The van der Waals surface area contributed by atoms with Crippen LogP contribution in [0.3, 0.4) is 0 Å². The minimum atomic E-state index is -5.42.